The van der Waals surface area contributed by atoms with Crippen molar-refractivity contribution in [1.82, 2.24) is 5.32 Å². The van der Waals surface area contributed by atoms with E-state index in [1.54, 1.807) is 0 Å². The highest BCUT2D eigenvalue weighted by atomic mass is 35.5. The van der Waals surface area contributed by atoms with Crippen LogP contribution in [0, 0.1) is 0 Å². The van der Waals surface area contributed by atoms with Gasteiger partial charge in [-0.3, -0.25) is 4.79 Å². The van der Waals surface area contributed by atoms with Crippen molar-refractivity contribution in [2.24, 2.45) is 0 Å². The van der Waals surface area contributed by atoms with Crippen LogP contribution in [0.3, 0.4) is 0 Å². The summed E-state index contributed by atoms with van der Waals surface area (Å²) in [6.45, 7) is 3.53. The van der Waals surface area contributed by atoms with E-state index in [2.05, 4.69) is 12.2 Å². The van der Waals surface area contributed by atoms with Gasteiger partial charge < -0.3 is 15.8 Å². The SMILES string of the molecule is CCCCOCC(=O)NCCc1ccc(N)cc1.Cl. The monoisotopic (exact) mass is 286 g/mol. The van der Waals surface area contributed by atoms with Crippen LogP contribution in [0.1, 0.15) is 25.3 Å². The number of hydrogen-bond acceptors (Lipinski definition) is 3. The lowest BCUT2D eigenvalue weighted by Crippen LogP contribution is -2.29. The Kier molecular flexibility index (Phi) is 9.94. The van der Waals surface area contributed by atoms with Gasteiger partial charge in [0.15, 0.2) is 0 Å². The number of rotatable bonds is 8. The minimum absolute atomic E-state index is 0. The second-order valence-corrected chi connectivity index (χ2v) is 4.25. The number of carbonyl (C=O) groups is 1. The molecule has 0 bridgehead atoms. The standard InChI is InChI=1S/C14H22N2O2.ClH/c1-2-3-10-18-11-14(17)16-9-8-12-4-6-13(15)7-5-12;/h4-7H,2-3,8-11,15H2,1H3,(H,16,17);1H. The van der Waals surface area contributed by atoms with Crippen molar-refractivity contribution in [1.29, 1.82) is 0 Å². The zero-order chi connectivity index (χ0) is 13.2. The smallest absolute Gasteiger partial charge is 0.246 e. The minimum Gasteiger partial charge on any atom is -0.399 e. The first-order valence-corrected chi connectivity index (χ1v) is 6.41. The number of nitrogen functional groups attached to an aromatic ring is 1. The maximum absolute atomic E-state index is 11.4. The van der Waals surface area contributed by atoms with Gasteiger partial charge in [0.25, 0.3) is 0 Å². The molecule has 0 atom stereocenters. The van der Waals surface area contributed by atoms with E-state index >= 15 is 0 Å². The zero-order valence-electron chi connectivity index (χ0n) is 11.4. The van der Waals surface area contributed by atoms with Gasteiger partial charge in [0, 0.05) is 18.8 Å². The number of carbonyl (C=O) groups excluding carboxylic acids is 1. The third kappa shape index (κ3) is 8.46. The van der Waals surface area contributed by atoms with Crippen molar-refractivity contribution in [3.63, 3.8) is 0 Å². The van der Waals surface area contributed by atoms with Crippen molar-refractivity contribution < 1.29 is 9.53 Å². The van der Waals surface area contributed by atoms with Gasteiger partial charge in [0.2, 0.25) is 5.91 Å². The van der Waals surface area contributed by atoms with Crippen LogP contribution >= 0.6 is 12.4 Å². The molecule has 1 aromatic rings. The molecule has 5 heteroatoms. The summed E-state index contributed by atoms with van der Waals surface area (Å²) in [7, 11) is 0. The van der Waals surface area contributed by atoms with E-state index in [-0.39, 0.29) is 24.9 Å². The number of amides is 1. The largest absolute Gasteiger partial charge is 0.399 e. The highest BCUT2D eigenvalue weighted by Gasteiger charge is 2.00. The Balaban J connectivity index is 0.00000324. The molecule has 0 unspecified atom stereocenters. The Morgan fingerprint density at radius 1 is 1.32 bits per heavy atom. The summed E-state index contributed by atoms with van der Waals surface area (Å²) >= 11 is 0. The molecule has 19 heavy (non-hydrogen) atoms. The summed E-state index contributed by atoms with van der Waals surface area (Å²) in [4.78, 5) is 11.4. The summed E-state index contributed by atoms with van der Waals surface area (Å²) in [6, 6.07) is 7.68. The van der Waals surface area contributed by atoms with Crippen molar-refractivity contribution >= 4 is 24.0 Å². The van der Waals surface area contributed by atoms with E-state index in [0.717, 1.165) is 30.5 Å². The van der Waals surface area contributed by atoms with Gasteiger partial charge in [-0.15, -0.1) is 12.4 Å². The van der Waals surface area contributed by atoms with E-state index in [0.29, 0.717) is 13.2 Å². The Labute approximate surface area is 121 Å². The quantitative estimate of drug-likeness (QED) is 0.569. The molecule has 0 fully saturated rings. The summed E-state index contributed by atoms with van der Waals surface area (Å²) < 4.78 is 5.23. The number of nitrogens with two attached hydrogens (primary N) is 1. The normalized spacial score (nSPS) is 9.74. The topological polar surface area (TPSA) is 64.3 Å². The zero-order valence-corrected chi connectivity index (χ0v) is 12.2. The van der Waals surface area contributed by atoms with E-state index < -0.39 is 0 Å². The van der Waals surface area contributed by atoms with Gasteiger partial charge in [-0.1, -0.05) is 25.5 Å². The molecule has 0 radical (unpaired) electrons. The molecule has 0 aliphatic rings. The fourth-order valence-corrected chi connectivity index (χ4v) is 1.49. The van der Waals surface area contributed by atoms with Crippen LogP contribution in [0.25, 0.3) is 0 Å². The molecule has 1 aromatic carbocycles. The van der Waals surface area contributed by atoms with Crippen molar-refractivity contribution in [2.75, 3.05) is 25.5 Å². The third-order valence-corrected chi connectivity index (χ3v) is 2.59. The second-order valence-electron chi connectivity index (χ2n) is 4.25. The molecule has 0 aliphatic heterocycles. The molecular weight excluding hydrogens is 264 g/mol. The predicted molar refractivity (Wildman–Crippen MR) is 80.5 cm³/mol. The first-order valence-electron chi connectivity index (χ1n) is 6.41. The van der Waals surface area contributed by atoms with Crippen molar-refractivity contribution in [3.05, 3.63) is 29.8 Å². The third-order valence-electron chi connectivity index (χ3n) is 2.59. The van der Waals surface area contributed by atoms with Crippen LogP contribution < -0.4 is 11.1 Å². The van der Waals surface area contributed by atoms with Gasteiger partial charge >= 0.3 is 0 Å². The molecule has 0 saturated carbocycles. The van der Waals surface area contributed by atoms with E-state index in [1.807, 2.05) is 24.3 Å². The lowest BCUT2D eigenvalue weighted by molar-refractivity contribution is -0.125. The first-order chi connectivity index (χ1) is 8.72. The molecule has 3 N–H and O–H groups in total. The number of ether oxygens (including phenoxy) is 1. The predicted octanol–water partition coefficient (Wildman–Crippen LogP) is 2.17. The molecular formula is C14H23ClN2O2. The number of anilines is 1. The first kappa shape index (κ1) is 17.7. The van der Waals surface area contributed by atoms with Crippen LogP contribution in [0.2, 0.25) is 0 Å². The Morgan fingerprint density at radius 2 is 2.00 bits per heavy atom. The van der Waals surface area contributed by atoms with Crippen LogP contribution in [-0.2, 0) is 16.0 Å². The maximum atomic E-state index is 11.4. The van der Waals surface area contributed by atoms with E-state index in [1.165, 1.54) is 0 Å². The summed E-state index contributed by atoms with van der Waals surface area (Å²) in [5, 5.41) is 2.83. The van der Waals surface area contributed by atoms with Gasteiger partial charge in [0.1, 0.15) is 6.61 Å². The number of nitrogens with one attached hydrogen (secondary N) is 1. The number of hydrogen-bond donors (Lipinski definition) is 2. The maximum Gasteiger partial charge on any atom is 0.246 e. The van der Waals surface area contributed by atoms with Crippen molar-refractivity contribution in [2.45, 2.75) is 26.2 Å². The molecule has 0 aliphatic carbocycles. The van der Waals surface area contributed by atoms with Gasteiger partial charge in [-0.2, -0.15) is 0 Å². The highest BCUT2D eigenvalue weighted by Crippen LogP contribution is 2.05. The number of benzene rings is 1. The number of unbranched alkanes of at least 4 members (excludes halogenated alkanes) is 1. The average molecular weight is 287 g/mol. The molecule has 1 amide bonds. The van der Waals surface area contributed by atoms with Crippen LogP contribution in [-0.4, -0.2) is 25.7 Å². The lowest BCUT2D eigenvalue weighted by atomic mass is 10.1. The fraction of sp³-hybridized carbons (Fsp3) is 0.500. The average Bonchev–Trinajstić information content (AvgIpc) is 2.37. The molecule has 1 rings (SSSR count). The van der Waals surface area contributed by atoms with Gasteiger partial charge in [0.05, 0.1) is 0 Å². The summed E-state index contributed by atoms with van der Waals surface area (Å²) in [5.74, 6) is -0.0541. The van der Waals surface area contributed by atoms with Gasteiger partial charge in [-0.05, 0) is 30.5 Å². The summed E-state index contributed by atoms with van der Waals surface area (Å²) in [6.07, 6.45) is 2.89. The minimum atomic E-state index is -0.0541. The highest BCUT2D eigenvalue weighted by molar-refractivity contribution is 5.85. The molecule has 0 heterocycles. The molecule has 0 spiro atoms. The molecule has 108 valence electrons. The Bertz CT molecular complexity index is 355. The van der Waals surface area contributed by atoms with Crippen LogP contribution in [0.15, 0.2) is 24.3 Å². The molecule has 0 aromatic heterocycles. The molecule has 4 nitrogen and oxygen atoms in total. The lowest BCUT2D eigenvalue weighted by Gasteiger charge is -2.06. The number of halogens is 1. The van der Waals surface area contributed by atoms with Crippen LogP contribution in [0.5, 0.6) is 0 Å². The Morgan fingerprint density at radius 3 is 2.63 bits per heavy atom. The van der Waals surface area contributed by atoms with Gasteiger partial charge in [-0.25, -0.2) is 0 Å². The van der Waals surface area contributed by atoms with E-state index in [9.17, 15) is 4.79 Å². The van der Waals surface area contributed by atoms with Crippen molar-refractivity contribution in [3.8, 4) is 0 Å². The fourth-order valence-electron chi connectivity index (χ4n) is 1.49. The molecule has 0 saturated heterocycles. The Hall–Kier alpha value is -1.26. The van der Waals surface area contributed by atoms with Crippen LogP contribution in [0.4, 0.5) is 5.69 Å². The van der Waals surface area contributed by atoms with E-state index in [4.69, 9.17) is 10.5 Å². The summed E-state index contributed by atoms with van der Waals surface area (Å²) in [5.41, 5.74) is 7.52. The second kappa shape index (κ2) is 10.6.